The first-order valence-corrected chi connectivity index (χ1v) is 7.10. The molecule has 22 heavy (non-hydrogen) atoms. The molecule has 0 unspecified atom stereocenters. The molecule has 0 heterocycles. The molecule has 1 aromatic carbocycles. The normalized spacial score (nSPS) is 12.7. The van der Waals surface area contributed by atoms with Gasteiger partial charge in [-0.05, 0) is 32.8 Å². The lowest BCUT2D eigenvalue weighted by molar-refractivity contribution is -0.134. The quantitative estimate of drug-likeness (QED) is 0.671. The van der Waals surface area contributed by atoms with E-state index in [9.17, 15) is 9.59 Å². The number of ether oxygens (including phenoxy) is 2. The third kappa shape index (κ3) is 7.47. The first-order chi connectivity index (χ1) is 10.3. The van der Waals surface area contributed by atoms with Crippen LogP contribution < -0.4 is 5.32 Å². The largest absolute Gasteiger partial charge is 0.466 e. The molecular formula is C17H23NO4. The maximum absolute atomic E-state index is 11.9. The van der Waals surface area contributed by atoms with E-state index in [1.165, 1.54) is 13.2 Å². The topological polar surface area (TPSA) is 64.6 Å². The molecule has 5 nitrogen and oxygen atoms in total. The molecule has 1 rings (SSSR count). The summed E-state index contributed by atoms with van der Waals surface area (Å²) in [5.41, 5.74) is 0.464. The lowest BCUT2D eigenvalue weighted by Crippen LogP contribution is -2.39. The van der Waals surface area contributed by atoms with Crippen molar-refractivity contribution < 1.29 is 19.1 Å². The highest BCUT2D eigenvalue weighted by molar-refractivity contribution is 5.82. The monoisotopic (exact) mass is 305 g/mol. The lowest BCUT2D eigenvalue weighted by Gasteiger charge is -2.22. The Morgan fingerprint density at radius 3 is 2.41 bits per heavy atom. The van der Waals surface area contributed by atoms with Gasteiger partial charge in [0, 0.05) is 6.08 Å². The van der Waals surface area contributed by atoms with Crippen LogP contribution in [0.25, 0.3) is 0 Å². The summed E-state index contributed by atoms with van der Waals surface area (Å²) >= 11 is 0. The number of nitrogens with one attached hydrogen (secondary N) is 1. The van der Waals surface area contributed by atoms with Crippen molar-refractivity contribution in [2.45, 2.75) is 38.8 Å². The Hall–Kier alpha value is -2.30. The van der Waals surface area contributed by atoms with E-state index in [1.807, 2.05) is 30.3 Å². The van der Waals surface area contributed by atoms with Crippen LogP contribution in [0.1, 0.15) is 26.3 Å². The molecule has 0 spiro atoms. The predicted octanol–water partition coefficient (Wildman–Crippen LogP) is 2.85. The fourth-order valence-corrected chi connectivity index (χ4v) is 1.76. The fourth-order valence-electron chi connectivity index (χ4n) is 1.76. The molecule has 0 aliphatic rings. The summed E-state index contributed by atoms with van der Waals surface area (Å²) in [5.74, 6) is -0.468. The van der Waals surface area contributed by atoms with Gasteiger partial charge in [-0.1, -0.05) is 36.4 Å². The van der Waals surface area contributed by atoms with Gasteiger partial charge in [0.1, 0.15) is 5.60 Å². The first kappa shape index (κ1) is 17.8. The maximum Gasteiger partial charge on any atom is 0.408 e. The second kappa shape index (κ2) is 8.22. The minimum atomic E-state index is -0.576. The van der Waals surface area contributed by atoms with Crippen LogP contribution in [0.3, 0.4) is 0 Å². The van der Waals surface area contributed by atoms with Crippen molar-refractivity contribution in [3.8, 4) is 0 Å². The molecule has 0 radical (unpaired) electrons. The molecule has 5 heteroatoms. The van der Waals surface area contributed by atoms with Gasteiger partial charge >= 0.3 is 12.1 Å². The zero-order valence-corrected chi connectivity index (χ0v) is 13.5. The number of carbonyl (C=O) groups excluding carboxylic acids is 2. The second-order valence-corrected chi connectivity index (χ2v) is 5.82. The Labute approximate surface area is 131 Å². The Morgan fingerprint density at radius 1 is 1.23 bits per heavy atom. The average Bonchev–Trinajstić information content (AvgIpc) is 2.43. The van der Waals surface area contributed by atoms with Crippen molar-refractivity contribution in [2.24, 2.45) is 0 Å². The number of carbonyl (C=O) groups is 2. The smallest absolute Gasteiger partial charge is 0.408 e. The molecule has 1 aromatic rings. The standard InChI is InChI=1S/C17H23NO4/c1-17(2,3)22-16(20)18-14(10-11-15(19)21-4)12-13-8-6-5-7-9-13/h5-11,14H,12H2,1-4H3,(H,18,20)/b11-10+/t14-/m0/s1. The van der Waals surface area contributed by atoms with E-state index in [0.717, 1.165) is 5.56 Å². The van der Waals surface area contributed by atoms with E-state index in [1.54, 1.807) is 26.8 Å². The van der Waals surface area contributed by atoms with Crippen LogP contribution >= 0.6 is 0 Å². The molecule has 120 valence electrons. The van der Waals surface area contributed by atoms with E-state index in [2.05, 4.69) is 10.1 Å². The molecule has 0 aliphatic heterocycles. The highest BCUT2D eigenvalue weighted by Crippen LogP contribution is 2.09. The fraction of sp³-hybridized carbons (Fsp3) is 0.412. The summed E-state index contributed by atoms with van der Waals surface area (Å²) < 4.78 is 9.81. The second-order valence-electron chi connectivity index (χ2n) is 5.82. The van der Waals surface area contributed by atoms with Crippen molar-refractivity contribution in [1.29, 1.82) is 0 Å². The molecule has 0 saturated carbocycles. The van der Waals surface area contributed by atoms with E-state index >= 15 is 0 Å². The van der Waals surface area contributed by atoms with Gasteiger partial charge in [0.25, 0.3) is 0 Å². The van der Waals surface area contributed by atoms with Crippen LogP contribution in [0.2, 0.25) is 0 Å². The van der Waals surface area contributed by atoms with Gasteiger partial charge in [-0.3, -0.25) is 0 Å². The summed E-state index contributed by atoms with van der Waals surface area (Å²) in [7, 11) is 1.31. The van der Waals surface area contributed by atoms with Gasteiger partial charge in [0.2, 0.25) is 0 Å². The zero-order chi connectivity index (χ0) is 16.6. The van der Waals surface area contributed by atoms with Crippen LogP contribution in [-0.4, -0.2) is 30.8 Å². The highest BCUT2D eigenvalue weighted by atomic mass is 16.6. The molecular weight excluding hydrogens is 282 g/mol. The number of alkyl carbamates (subject to hydrolysis) is 1. The van der Waals surface area contributed by atoms with E-state index in [4.69, 9.17) is 4.74 Å². The van der Waals surface area contributed by atoms with Crippen LogP contribution in [0.5, 0.6) is 0 Å². The molecule has 0 aliphatic carbocycles. The third-order valence-corrected chi connectivity index (χ3v) is 2.67. The number of benzene rings is 1. The molecule has 0 aromatic heterocycles. The average molecular weight is 305 g/mol. The minimum absolute atomic E-state index is 0.364. The van der Waals surface area contributed by atoms with E-state index in [0.29, 0.717) is 6.42 Å². The molecule has 1 atom stereocenters. The summed E-state index contributed by atoms with van der Waals surface area (Å²) in [5, 5.41) is 2.75. The summed E-state index contributed by atoms with van der Waals surface area (Å²) in [6, 6.07) is 9.31. The number of rotatable bonds is 5. The minimum Gasteiger partial charge on any atom is -0.466 e. The zero-order valence-electron chi connectivity index (χ0n) is 13.5. The van der Waals surface area contributed by atoms with Crippen LogP contribution in [-0.2, 0) is 20.7 Å². The van der Waals surface area contributed by atoms with Crippen molar-refractivity contribution >= 4 is 12.1 Å². The van der Waals surface area contributed by atoms with Gasteiger partial charge < -0.3 is 14.8 Å². The highest BCUT2D eigenvalue weighted by Gasteiger charge is 2.18. The Bertz CT molecular complexity index is 517. The van der Waals surface area contributed by atoms with Crippen LogP contribution in [0.15, 0.2) is 42.5 Å². The lowest BCUT2D eigenvalue weighted by atomic mass is 10.1. The van der Waals surface area contributed by atoms with Crippen molar-refractivity contribution in [1.82, 2.24) is 5.32 Å². The van der Waals surface area contributed by atoms with Gasteiger partial charge in [-0.2, -0.15) is 0 Å². The van der Waals surface area contributed by atoms with Gasteiger partial charge in [-0.25, -0.2) is 9.59 Å². The first-order valence-electron chi connectivity index (χ1n) is 7.10. The molecule has 1 amide bonds. The maximum atomic E-state index is 11.9. The Kier molecular flexibility index (Phi) is 6.63. The van der Waals surface area contributed by atoms with Crippen LogP contribution in [0, 0.1) is 0 Å². The van der Waals surface area contributed by atoms with Gasteiger partial charge in [0.05, 0.1) is 13.2 Å². The molecule has 0 fully saturated rings. The molecule has 0 bridgehead atoms. The number of amides is 1. The summed E-state index contributed by atoms with van der Waals surface area (Å²) in [6.07, 6.45) is 2.92. The van der Waals surface area contributed by atoms with E-state index in [-0.39, 0.29) is 6.04 Å². The van der Waals surface area contributed by atoms with Crippen molar-refractivity contribution in [3.63, 3.8) is 0 Å². The molecule has 1 N–H and O–H groups in total. The number of hydrogen-bond acceptors (Lipinski definition) is 4. The van der Waals surface area contributed by atoms with Crippen LogP contribution in [0.4, 0.5) is 4.79 Å². The van der Waals surface area contributed by atoms with E-state index < -0.39 is 17.7 Å². The number of methoxy groups -OCH3 is 1. The summed E-state index contributed by atoms with van der Waals surface area (Å²) in [6.45, 7) is 5.38. The number of hydrogen-bond donors (Lipinski definition) is 1. The Balaban J connectivity index is 2.75. The number of esters is 1. The predicted molar refractivity (Wildman–Crippen MR) is 84.5 cm³/mol. The Morgan fingerprint density at radius 2 is 1.86 bits per heavy atom. The van der Waals surface area contributed by atoms with Crippen molar-refractivity contribution in [3.05, 3.63) is 48.0 Å². The SMILES string of the molecule is COC(=O)/C=C/[C@@H](Cc1ccccc1)NC(=O)OC(C)(C)C. The van der Waals surface area contributed by atoms with Gasteiger partial charge in [-0.15, -0.1) is 0 Å². The molecule has 0 saturated heterocycles. The third-order valence-electron chi connectivity index (χ3n) is 2.67. The summed E-state index contributed by atoms with van der Waals surface area (Å²) in [4.78, 5) is 23.1. The van der Waals surface area contributed by atoms with Crippen molar-refractivity contribution in [2.75, 3.05) is 7.11 Å². The van der Waals surface area contributed by atoms with Gasteiger partial charge in [0.15, 0.2) is 0 Å².